The number of carbonyl (C=O) groups is 1. The van der Waals surface area contributed by atoms with Gasteiger partial charge in [-0.1, -0.05) is 18.2 Å². The molecule has 0 aliphatic carbocycles. The Labute approximate surface area is 177 Å². The van der Waals surface area contributed by atoms with Crippen molar-refractivity contribution in [3.63, 3.8) is 0 Å². The van der Waals surface area contributed by atoms with Gasteiger partial charge < -0.3 is 4.57 Å². The summed E-state index contributed by atoms with van der Waals surface area (Å²) in [5, 5.41) is 9.36. The highest BCUT2D eigenvalue weighted by Gasteiger charge is 2.17. The summed E-state index contributed by atoms with van der Waals surface area (Å²) in [6, 6.07) is 16.5. The monoisotopic (exact) mass is 439 g/mol. The summed E-state index contributed by atoms with van der Waals surface area (Å²) in [7, 11) is -2.10. The van der Waals surface area contributed by atoms with Crippen LogP contribution in [0.15, 0.2) is 77.8 Å². The molecule has 31 heavy (non-hydrogen) atoms. The highest BCUT2D eigenvalue weighted by atomic mass is 32.2. The Kier molecular flexibility index (Phi) is 5.22. The molecule has 0 aliphatic heterocycles. The van der Waals surface area contributed by atoms with Crippen LogP contribution < -0.4 is 10.2 Å². The fourth-order valence-electron chi connectivity index (χ4n) is 3.41. The van der Waals surface area contributed by atoms with E-state index in [4.69, 9.17) is 5.21 Å². The third-order valence-electron chi connectivity index (χ3n) is 4.93. The molecule has 9 heteroatoms. The van der Waals surface area contributed by atoms with Gasteiger partial charge in [-0.15, -0.1) is 0 Å². The van der Waals surface area contributed by atoms with Crippen molar-refractivity contribution in [3.8, 4) is 11.1 Å². The Morgan fingerprint density at radius 2 is 1.71 bits per heavy atom. The maximum absolute atomic E-state index is 14.4. The first-order valence-electron chi connectivity index (χ1n) is 9.21. The molecule has 1 amide bonds. The number of carbonyl (C=O) groups excluding carboxylic acids is 1. The lowest BCUT2D eigenvalue weighted by Crippen LogP contribution is -2.19. The molecule has 0 spiro atoms. The van der Waals surface area contributed by atoms with Gasteiger partial charge in [-0.25, -0.2) is 18.3 Å². The van der Waals surface area contributed by atoms with Gasteiger partial charge in [0.25, 0.3) is 15.9 Å². The number of halogens is 1. The molecular weight excluding hydrogens is 421 g/mol. The third kappa shape index (κ3) is 3.88. The van der Waals surface area contributed by atoms with Crippen LogP contribution in [-0.4, -0.2) is 24.1 Å². The van der Waals surface area contributed by atoms with Crippen LogP contribution in [0.5, 0.6) is 0 Å². The van der Waals surface area contributed by atoms with Crippen molar-refractivity contribution in [3.05, 3.63) is 84.3 Å². The Morgan fingerprint density at radius 3 is 2.39 bits per heavy atom. The summed E-state index contributed by atoms with van der Waals surface area (Å²) in [5.41, 5.74) is 3.81. The predicted molar refractivity (Wildman–Crippen MR) is 115 cm³/mol. The van der Waals surface area contributed by atoms with E-state index >= 15 is 0 Å². The van der Waals surface area contributed by atoms with Gasteiger partial charge in [0.15, 0.2) is 0 Å². The summed E-state index contributed by atoms with van der Waals surface area (Å²) in [6.07, 6.45) is 1.80. The Bertz CT molecular complexity index is 1400. The van der Waals surface area contributed by atoms with Crippen LogP contribution in [0.1, 0.15) is 10.4 Å². The van der Waals surface area contributed by atoms with Crippen LogP contribution in [0.25, 0.3) is 22.0 Å². The second-order valence-electron chi connectivity index (χ2n) is 6.94. The van der Waals surface area contributed by atoms with Gasteiger partial charge in [0.2, 0.25) is 0 Å². The zero-order chi connectivity index (χ0) is 22.2. The molecule has 0 saturated heterocycles. The number of hydrogen-bond acceptors (Lipinski definition) is 4. The van der Waals surface area contributed by atoms with Crippen LogP contribution in [0.3, 0.4) is 0 Å². The number of hydroxylamine groups is 1. The van der Waals surface area contributed by atoms with Crippen molar-refractivity contribution in [2.45, 2.75) is 4.90 Å². The average molecular weight is 439 g/mol. The molecule has 3 aromatic carbocycles. The Morgan fingerprint density at radius 1 is 1.00 bits per heavy atom. The standard InChI is InChI=1S/C22H18FN3O4S/c1-26-13-19(17-4-2-3-5-20(17)23)18-12-15(8-11-21(18)26)25-31(29,30)16-9-6-14(7-10-16)22(27)24-28/h2-13,25,28H,1H3,(H,24,27). The molecule has 1 heterocycles. The summed E-state index contributed by atoms with van der Waals surface area (Å²) < 4.78 is 44.3. The zero-order valence-electron chi connectivity index (χ0n) is 16.3. The number of amides is 1. The lowest BCUT2D eigenvalue weighted by atomic mass is 10.0. The minimum atomic E-state index is -3.94. The van der Waals surface area contributed by atoms with Gasteiger partial charge in [-0.2, -0.15) is 0 Å². The maximum atomic E-state index is 14.4. The van der Waals surface area contributed by atoms with E-state index in [-0.39, 0.29) is 16.3 Å². The molecular formula is C22H18FN3O4S. The SMILES string of the molecule is Cn1cc(-c2ccccc2F)c2cc(NS(=O)(=O)c3ccc(C(=O)NO)cc3)ccc21. The Balaban J connectivity index is 1.71. The van der Waals surface area contributed by atoms with Crippen molar-refractivity contribution in [2.24, 2.45) is 7.05 Å². The molecule has 4 rings (SSSR count). The van der Waals surface area contributed by atoms with E-state index in [2.05, 4.69) is 4.72 Å². The van der Waals surface area contributed by atoms with E-state index in [1.165, 1.54) is 35.8 Å². The summed E-state index contributed by atoms with van der Waals surface area (Å²) in [6.45, 7) is 0. The number of nitrogens with one attached hydrogen (secondary N) is 2. The minimum absolute atomic E-state index is 0.0514. The van der Waals surface area contributed by atoms with Crippen molar-refractivity contribution in [1.82, 2.24) is 10.0 Å². The average Bonchev–Trinajstić information content (AvgIpc) is 3.09. The molecule has 0 unspecified atom stereocenters. The number of rotatable bonds is 5. The maximum Gasteiger partial charge on any atom is 0.274 e. The lowest BCUT2D eigenvalue weighted by molar-refractivity contribution is 0.0706. The van der Waals surface area contributed by atoms with Gasteiger partial charge in [0.05, 0.1) is 4.90 Å². The predicted octanol–water partition coefficient (Wildman–Crippen LogP) is 3.90. The highest BCUT2D eigenvalue weighted by Crippen LogP contribution is 2.34. The summed E-state index contributed by atoms with van der Waals surface area (Å²) in [5.74, 6) is -1.11. The van der Waals surface area contributed by atoms with E-state index in [1.54, 1.807) is 42.6 Å². The molecule has 0 aliphatic rings. The number of fused-ring (bicyclic) bond motifs is 1. The van der Waals surface area contributed by atoms with Gasteiger partial charge in [0, 0.05) is 46.5 Å². The Hall–Kier alpha value is -3.69. The van der Waals surface area contributed by atoms with Crippen LogP contribution in [0, 0.1) is 5.82 Å². The van der Waals surface area contributed by atoms with Crippen molar-refractivity contribution in [2.75, 3.05) is 4.72 Å². The van der Waals surface area contributed by atoms with Crippen LogP contribution in [-0.2, 0) is 17.1 Å². The fourth-order valence-corrected chi connectivity index (χ4v) is 4.46. The number of benzene rings is 3. The molecule has 7 nitrogen and oxygen atoms in total. The van der Waals surface area contributed by atoms with E-state index in [9.17, 15) is 17.6 Å². The first-order valence-corrected chi connectivity index (χ1v) is 10.7. The minimum Gasteiger partial charge on any atom is -0.350 e. The van der Waals surface area contributed by atoms with Crippen LogP contribution in [0.4, 0.5) is 10.1 Å². The normalized spacial score (nSPS) is 11.5. The van der Waals surface area contributed by atoms with Gasteiger partial charge >= 0.3 is 0 Å². The van der Waals surface area contributed by atoms with E-state index in [1.807, 2.05) is 11.6 Å². The third-order valence-corrected chi connectivity index (χ3v) is 6.33. The molecule has 0 fully saturated rings. The number of anilines is 1. The first kappa shape index (κ1) is 20.6. The van der Waals surface area contributed by atoms with Gasteiger partial charge in [0.1, 0.15) is 5.82 Å². The van der Waals surface area contributed by atoms with Crippen molar-refractivity contribution < 1.29 is 22.8 Å². The zero-order valence-corrected chi connectivity index (χ0v) is 17.2. The lowest BCUT2D eigenvalue weighted by Gasteiger charge is -2.10. The van der Waals surface area contributed by atoms with E-state index in [0.717, 1.165) is 5.52 Å². The number of sulfonamides is 1. The van der Waals surface area contributed by atoms with E-state index < -0.39 is 15.9 Å². The largest absolute Gasteiger partial charge is 0.350 e. The molecule has 0 saturated carbocycles. The molecule has 0 atom stereocenters. The molecule has 158 valence electrons. The van der Waals surface area contributed by atoms with Crippen molar-refractivity contribution in [1.29, 1.82) is 0 Å². The highest BCUT2D eigenvalue weighted by molar-refractivity contribution is 7.92. The van der Waals surface area contributed by atoms with Crippen LogP contribution >= 0.6 is 0 Å². The number of nitrogens with zero attached hydrogens (tertiary/aromatic N) is 1. The first-order chi connectivity index (χ1) is 14.8. The number of hydrogen-bond donors (Lipinski definition) is 3. The smallest absolute Gasteiger partial charge is 0.274 e. The number of aryl methyl sites for hydroxylation is 1. The molecule has 3 N–H and O–H groups in total. The molecule has 0 bridgehead atoms. The van der Waals surface area contributed by atoms with Gasteiger partial charge in [-0.05, 0) is 48.5 Å². The fraction of sp³-hybridized carbons (Fsp3) is 0.0455. The molecule has 4 aromatic rings. The van der Waals surface area contributed by atoms with E-state index in [0.29, 0.717) is 22.2 Å². The van der Waals surface area contributed by atoms with Crippen LogP contribution in [0.2, 0.25) is 0 Å². The second kappa shape index (κ2) is 7.86. The quantitative estimate of drug-likeness (QED) is 0.324. The number of aromatic nitrogens is 1. The second-order valence-corrected chi connectivity index (χ2v) is 8.62. The molecule has 1 aromatic heterocycles. The van der Waals surface area contributed by atoms with Crippen molar-refractivity contribution >= 4 is 32.5 Å². The molecule has 0 radical (unpaired) electrons. The van der Waals surface area contributed by atoms with Gasteiger partial charge in [-0.3, -0.25) is 14.7 Å². The summed E-state index contributed by atoms with van der Waals surface area (Å²) >= 11 is 0. The topological polar surface area (TPSA) is 100 Å². The summed E-state index contributed by atoms with van der Waals surface area (Å²) in [4.78, 5) is 11.4.